The third kappa shape index (κ3) is 5.19. The van der Waals surface area contributed by atoms with Crippen LogP contribution in [0, 0.1) is 6.92 Å². The molecule has 0 fully saturated rings. The van der Waals surface area contributed by atoms with E-state index < -0.39 is 0 Å². The van der Waals surface area contributed by atoms with Crippen LogP contribution in [0.5, 0.6) is 0 Å². The molecule has 0 spiro atoms. The highest BCUT2D eigenvalue weighted by molar-refractivity contribution is 7.99. The Morgan fingerprint density at radius 3 is 2.64 bits per heavy atom. The highest BCUT2D eigenvalue weighted by atomic mass is 32.2. The Bertz CT molecular complexity index is 798. The van der Waals surface area contributed by atoms with Crippen LogP contribution in [0.3, 0.4) is 0 Å². The summed E-state index contributed by atoms with van der Waals surface area (Å²) >= 11 is 1.62. The van der Waals surface area contributed by atoms with Crippen LogP contribution in [0.2, 0.25) is 0 Å². The monoisotopic (exact) mass is 352 g/mol. The van der Waals surface area contributed by atoms with Crippen molar-refractivity contribution in [3.8, 4) is 5.82 Å². The largest absolute Gasteiger partial charge is 0.351 e. The molecule has 1 amide bonds. The van der Waals surface area contributed by atoms with Crippen LogP contribution in [0.25, 0.3) is 5.82 Å². The van der Waals surface area contributed by atoms with Crippen molar-refractivity contribution in [2.45, 2.75) is 19.2 Å². The molecule has 128 valence electrons. The smallest absolute Gasteiger partial charge is 0.230 e. The van der Waals surface area contributed by atoms with E-state index in [9.17, 15) is 4.79 Å². The van der Waals surface area contributed by atoms with Gasteiger partial charge >= 0.3 is 0 Å². The van der Waals surface area contributed by atoms with Crippen molar-refractivity contribution in [1.82, 2.24) is 19.9 Å². The molecule has 5 nitrogen and oxygen atoms in total. The SMILES string of the molecule is Cc1ccc(CSCC(=O)NCc2ccc(-n3ccnc3)nc2)cc1. The predicted octanol–water partition coefficient (Wildman–Crippen LogP) is 3.13. The molecule has 2 heterocycles. The van der Waals surface area contributed by atoms with Gasteiger partial charge in [-0.15, -0.1) is 11.8 Å². The third-order valence-electron chi connectivity index (χ3n) is 3.69. The average molecular weight is 352 g/mol. The maximum absolute atomic E-state index is 11.9. The van der Waals surface area contributed by atoms with Gasteiger partial charge in [-0.1, -0.05) is 35.9 Å². The normalized spacial score (nSPS) is 10.6. The molecule has 0 bridgehead atoms. The lowest BCUT2D eigenvalue weighted by Crippen LogP contribution is -2.24. The summed E-state index contributed by atoms with van der Waals surface area (Å²) < 4.78 is 1.84. The van der Waals surface area contributed by atoms with Crippen molar-refractivity contribution >= 4 is 17.7 Å². The Hall–Kier alpha value is -2.60. The predicted molar refractivity (Wildman–Crippen MR) is 101 cm³/mol. The van der Waals surface area contributed by atoms with Crippen LogP contribution in [0.4, 0.5) is 0 Å². The Labute approximate surface area is 151 Å². The number of aryl methyl sites for hydroxylation is 1. The molecule has 1 N–H and O–H groups in total. The van der Waals surface area contributed by atoms with Crippen molar-refractivity contribution in [1.29, 1.82) is 0 Å². The molecule has 0 unspecified atom stereocenters. The lowest BCUT2D eigenvalue weighted by Gasteiger charge is -2.07. The van der Waals surface area contributed by atoms with E-state index in [0.717, 1.165) is 17.1 Å². The zero-order valence-corrected chi connectivity index (χ0v) is 14.9. The fourth-order valence-corrected chi connectivity index (χ4v) is 3.08. The van der Waals surface area contributed by atoms with Crippen LogP contribution in [0.15, 0.2) is 61.3 Å². The van der Waals surface area contributed by atoms with Crippen LogP contribution in [-0.2, 0) is 17.1 Å². The van der Waals surface area contributed by atoms with Crippen molar-refractivity contribution < 1.29 is 4.79 Å². The van der Waals surface area contributed by atoms with Gasteiger partial charge in [0.25, 0.3) is 0 Å². The first-order chi connectivity index (χ1) is 12.2. The van der Waals surface area contributed by atoms with Crippen molar-refractivity contribution in [2.24, 2.45) is 0 Å². The fourth-order valence-electron chi connectivity index (χ4n) is 2.27. The zero-order chi connectivity index (χ0) is 17.5. The average Bonchev–Trinajstić information content (AvgIpc) is 3.17. The molecule has 0 saturated carbocycles. The summed E-state index contributed by atoms with van der Waals surface area (Å²) in [6, 6.07) is 12.3. The summed E-state index contributed by atoms with van der Waals surface area (Å²) in [6.45, 7) is 2.56. The van der Waals surface area contributed by atoms with Gasteiger partial charge in [0.15, 0.2) is 0 Å². The second-order valence-electron chi connectivity index (χ2n) is 5.75. The molecule has 25 heavy (non-hydrogen) atoms. The number of carbonyl (C=O) groups excluding carboxylic acids is 1. The topological polar surface area (TPSA) is 59.8 Å². The molecule has 3 aromatic rings. The van der Waals surface area contributed by atoms with Crippen molar-refractivity contribution in [3.63, 3.8) is 0 Å². The van der Waals surface area contributed by atoms with Crippen LogP contribution in [0.1, 0.15) is 16.7 Å². The van der Waals surface area contributed by atoms with Crippen LogP contribution < -0.4 is 5.32 Å². The van der Waals surface area contributed by atoms with Crippen LogP contribution in [-0.4, -0.2) is 26.2 Å². The Morgan fingerprint density at radius 1 is 1.16 bits per heavy atom. The summed E-state index contributed by atoms with van der Waals surface area (Å²) in [6.07, 6.45) is 7.03. The van der Waals surface area contributed by atoms with E-state index in [-0.39, 0.29) is 5.91 Å². The lowest BCUT2D eigenvalue weighted by atomic mass is 10.2. The number of pyridine rings is 1. The van der Waals surface area contributed by atoms with Gasteiger partial charge in [0.2, 0.25) is 5.91 Å². The number of thioether (sulfide) groups is 1. The zero-order valence-electron chi connectivity index (χ0n) is 14.1. The Morgan fingerprint density at radius 2 is 1.96 bits per heavy atom. The fraction of sp³-hybridized carbons (Fsp3) is 0.211. The molecule has 0 atom stereocenters. The second-order valence-corrected chi connectivity index (χ2v) is 6.74. The number of carbonyl (C=O) groups is 1. The first-order valence-electron chi connectivity index (χ1n) is 8.04. The number of benzene rings is 1. The number of imidazole rings is 1. The standard InChI is InChI=1S/C19H20N4OS/c1-15-2-4-16(5-3-15)12-25-13-19(24)22-11-17-6-7-18(21-10-17)23-9-8-20-14-23/h2-10,14H,11-13H2,1H3,(H,22,24). The summed E-state index contributed by atoms with van der Waals surface area (Å²) in [5.74, 6) is 2.14. The molecule has 3 rings (SSSR count). The van der Waals surface area contributed by atoms with E-state index in [1.807, 2.05) is 22.9 Å². The van der Waals surface area contributed by atoms with E-state index in [4.69, 9.17) is 0 Å². The van der Waals surface area contributed by atoms with Gasteiger partial charge < -0.3 is 5.32 Å². The molecule has 0 aliphatic rings. The first-order valence-corrected chi connectivity index (χ1v) is 9.19. The highest BCUT2D eigenvalue weighted by Gasteiger charge is 2.03. The second kappa shape index (κ2) is 8.48. The van der Waals surface area contributed by atoms with Gasteiger partial charge in [0.05, 0.1) is 5.75 Å². The quantitative estimate of drug-likeness (QED) is 0.710. The van der Waals surface area contributed by atoms with E-state index >= 15 is 0 Å². The summed E-state index contributed by atoms with van der Waals surface area (Å²) in [5, 5.41) is 2.93. The van der Waals surface area contributed by atoms with Gasteiger partial charge in [0, 0.05) is 30.9 Å². The molecule has 0 aliphatic carbocycles. The molecular weight excluding hydrogens is 332 g/mol. The van der Waals surface area contributed by atoms with Crippen molar-refractivity contribution in [2.75, 3.05) is 5.75 Å². The number of hydrogen-bond donors (Lipinski definition) is 1. The van der Waals surface area contributed by atoms with Gasteiger partial charge in [-0.25, -0.2) is 9.97 Å². The molecule has 0 radical (unpaired) electrons. The molecule has 0 aliphatic heterocycles. The molecule has 0 saturated heterocycles. The Balaban J connectivity index is 1.40. The lowest BCUT2D eigenvalue weighted by molar-refractivity contribution is -0.118. The number of nitrogens with one attached hydrogen (secondary N) is 1. The minimum atomic E-state index is 0.0378. The van der Waals surface area contributed by atoms with E-state index in [1.165, 1.54) is 11.1 Å². The number of amides is 1. The Kier molecular flexibility index (Phi) is 5.85. The van der Waals surface area contributed by atoms with Gasteiger partial charge in [-0.3, -0.25) is 9.36 Å². The number of hydrogen-bond acceptors (Lipinski definition) is 4. The molecule has 1 aromatic carbocycles. The van der Waals surface area contributed by atoms with Crippen molar-refractivity contribution in [3.05, 3.63) is 78.0 Å². The van der Waals surface area contributed by atoms with Crippen LogP contribution >= 0.6 is 11.8 Å². The number of rotatable bonds is 7. The maximum Gasteiger partial charge on any atom is 0.230 e. The third-order valence-corrected chi connectivity index (χ3v) is 4.69. The van der Waals surface area contributed by atoms with E-state index in [2.05, 4.69) is 46.5 Å². The van der Waals surface area contributed by atoms with Gasteiger partial charge in [-0.2, -0.15) is 0 Å². The maximum atomic E-state index is 11.9. The molecular formula is C19H20N4OS. The van der Waals surface area contributed by atoms with Gasteiger partial charge in [-0.05, 0) is 24.1 Å². The van der Waals surface area contributed by atoms with E-state index in [0.29, 0.717) is 12.3 Å². The first kappa shape index (κ1) is 17.2. The number of aromatic nitrogens is 3. The minimum Gasteiger partial charge on any atom is -0.351 e. The highest BCUT2D eigenvalue weighted by Crippen LogP contribution is 2.12. The molecule has 6 heteroatoms. The van der Waals surface area contributed by atoms with Gasteiger partial charge in [0.1, 0.15) is 12.1 Å². The van der Waals surface area contributed by atoms with E-state index in [1.54, 1.807) is 30.5 Å². The minimum absolute atomic E-state index is 0.0378. The molecule has 2 aromatic heterocycles. The number of nitrogens with zero attached hydrogens (tertiary/aromatic N) is 3. The summed E-state index contributed by atoms with van der Waals surface area (Å²) in [5.41, 5.74) is 3.46. The summed E-state index contributed by atoms with van der Waals surface area (Å²) in [4.78, 5) is 20.3. The summed E-state index contributed by atoms with van der Waals surface area (Å²) in [7, 11) is 0.